The van der Waals surface area contributed by atoms with E-state index in [2.05, 4.69) is 58.8 Å². The molecule has 142 valence electrons. The molecule has 1 aliphatic heterocycles. The first-order valence-electron chi connectivity index (χ1n) is 9.72. The summed E-state index contributed by atoms with van der Waals surface area (Å²) in [5.41, 5.74) is 9.28. The maximum Gasteiger partial charge on any atom is 0.221 e. The first-order valence-corrected chi connectivity index (χ1v) is 9.72. The molecule has 1 unspecified atom stereocenters. The van der Waals surface area contributed by atoms with Crippen molar-refractivity contribution >= 4 is 12.0 Å². The number of likely N-dealkylation sites (tertiary alicyclic amines) is 1. The topological polar surface area (TPSA) is 58.4 Å². The van der Waals surface area contributed by atoms with Gasteiger partial charge in [-0.25, -0.2) is 0 Å². The number of nitrogens with zero attached hydrogens (tertiary/aromatic N) is 1. The maximum absolute atomic E-state index is 11.5. The van der Waals surface area contributed by atoms with Gasteiger partial charge in [-0.2, -0.15) is 0 Å². The zero-order valence-corrected chi connectivity index (χ0v) is 15.8. The highest BCUT2D eigenvalue weighted by Gasteiger charge is 2.23. The van der Waals surface area contributed by atoms with Crippen LogP contribution in [0, 0.1) is 5.92 Å². The van der Waals surface area contributed by atoms with E-state index in [1.165, 1.54) is 16.7 Å². The Kier molecular flexibility index (Phi) is 7.19. The number of hydrogen-bond donors (Lipinski definition) is 2. The number of amides is 1. The van der Waals surface area contributed by atoms with Gasteiger partial charge in [0.05, 0.1) is 5.92 Å². The van der Waals surface area contributed by atoms with Gasteiger partial charge >= 0.3 is 0 Å². The summed E-state index contributed by atoms with van der Waals surface area (Å²) in [5, 5.41) is 3.46. The number of primary amides is 1. The SMILES string of the molecule is NC(=O)C1CCCN(Cc2cccc(CNC/C=C/c3ccccc3)c2)C1. The molecule has 3 N–H and O–H groups in total. The van der Waals surface area contributed by atoms with Crippen molar-refractivity contribution in [3.63, 3.8) is 0 Å². The normalized spacial score (nSPS) is 18.0. The van der Waals surface area contributed by atoms with Gasteiger partial charge in [-0.15, -0.1) is 0 Å². The molecule has 1 heterocycles. The van der Waals surface area contributed by atoms with Crippen molar-refractivity contribution in [2.24, 2.45) is 11.7 Å². The van der Waals surface area contributed by atoms with Crippen LogP contribution in [-0.2, 0) is 17.9 Å². The van der Waals surface area contributed by atoms with Crippen molar-refractivity contribution < 1.29 is 4.79 Å². The minimum Gasteiger partial charge on any atom is -0.369 e. The van der Waals surface area contributed by atoms with Crippen LogP contribution in [-0.4, -0.2) is 30.4 Å². The molecular formula is C23H29N3O. The molecule has 1 fully saturated rings. The van der Waals surface area contributed by atoms with Crippen LogP contribution in [0.5, 0.6) is 0 Å². The quantitative estimate of drug-likeness (QED) is 0.708. The molecule has 27 heavy (non-hydrogen) atoms. The Morgan fingerprint density at radius 1 is 1.15 bits per heavy atom. The third-order valence-corrected chi connectivity index (χ3v) is 5.01. The van der Waals surface area contributed by atoms with Crippen molar-refractivity contribution in [2.75, 3.05) is 19.6 Å². The van der Waals surface area contributed by atoms with E-state index in [1.54, 1.807) is 0 Å². The molecule has 0 bridgehead atoms. The van der Waals surface area contributed by atoms with E-state index in [4.69, 9.17) is 5.73 Å². The maximum atomic E-state index is 11.5. The first-order chi connectivity index (χ1) is 13.2. The fourth-order valence-electron chi connectivity index (χ4n) is 3.59. The number of benzene rings is 2. The number of piperidine rings is 1. The van der Waals surface area contributed by atoms with Gasteiger partial charge in [0, 0.05) is 26.2 Å². The van der Waals surface area contributed by atoms with Crippen molar-refractivity contribution in [2.45, 2.75) is 25.9 Å². The lowest BCUT2D eigenvalue weighted by atomic mass is 9.97. The zero-order chi connectivity index (χ0) is 18.9. The van der Waals surface area contributed by atoms with E-state index in [1.807, 2.05) is 18.2 Å². The van der Waals surface area contributed by atoms with Gasteiger partial charge in [0.15, 0.2) is 0 Å². The van der Waals surface area contributed by atoms with Crippen LogP contribution in [0.25, 0.3) is 6.08 Å². The molecule has 1 aliphatic rings. The van der Waals surface area contributed by atoms with E-state index in [-0.39, 0.29) is 11.8 Å². The Labute approximate surface area is 162 Å². The summed E-state index contributed by atoms with van der Waals surface area (Å²) in [7, 11) is 0. The van der Waals surface area contributed by atoms with Gasteiger partial charge in [-0.3, -0.25) is 9.69 Å². The largest absolute Gasteiger partial charge is 0.369 e. The summed E-state index contributed by atoms with van der Waals surface area (Å²) < 4.78 is 0. The van der Waals surface area contributed by atoms with Crippen LogP contribution in [0.3, 0.4) is 0 Å². The molecule has 0 radical (unpaired) electrons. The third kappa shape index (κ3) is 6.35. The number of carbonyl (C=O) groups is 1. The first kappa shape index (κ1) is 19.3. The summed E-state index contributed by atoms with van der Waals surface area (Å²) in [4.78, 5) is 13.8. The Hall–Kier alpha value is -2.43. The van der Waals surface area contributed by atoms with Gasteiger partial charge in [0.25, 0.3) is 0 Å². The van der Waals surface area contributed by atoms with Gasteiger partial charge in [0.1, 0.15) is 0 Å². The minimum atomic E-state index is -0.166. The van der Waals surface area contributed by atoms with Crippen LogP contribution in [0.1, 0.15) is 29.5 Å². The Bertz CT molecular complexity index is 757. The molecule has 0 aromatic heterocycles. The van der Waals surface area contributed by atoms with Crippen LogP contribution in [0.2, 0.25) is 0 Å². The molecule has 1 saturated heterocycles. The highest BCUT2D eigenvalue weighted by atomic mass is 16.1. The Balaban J connectivity index is 1.46. The summed E-state index contributed by atoms with van der Waals surface area (Å²) in [5.74, 6) is -0.166. The monoisotopic (exact) mass is 363 g/mol. The van der Waals surface area contributed by atoms with E-state index < -0.39 is 0 Å². The summed E-state index contributed by atoms with van der Waals surface area (Å²) in [6.45, 7) is 4.38. The fraction of sp³-hybridized carbons (Fsp3) is 0.348. The van der Waals surface area contributed by atoms with Crippen LogP contribution in [0.4, 0.5) is 0 Å². The molecule has 1 amide bonds. The number of rotatable bonds is 8. The van der Waals surface area contributed by atoms with Gasteiger partial charge in [-0.05, 0) is 36.1 Å². The fourth-order valence-corrected chi connectivity index (χ4v) is 3.59. The summed E-state index contributed by atoms with van der Waals surface area (Å²) in [6.07, 6.45) is 6.25. The van der Waals surface area contributed by atoms with Crippen LogP contribution in [0.15, 0.2) is 60.7 Å². The van der Waals surface area contributed by atoms with E-state index >= 15 is 0 Å². The predicted molar refractivity (Wildman–Crippen MR) is 111 cm³/mol. The molecule has 0 aliphatic carbocycles. The predicted octanol–water partition coefficient (Wildman–Crippen LogP) is 3.19. The molecular weight excluding hydrogens is 334 g/mol. The van der Waals surface area contributed by atoms with Crippen molar-refractivity contribution in [1.29, 1.82) is 0 Å². The summed E-state index contributed by atoms with van der Waals surface area (Å²) in [6, 6.07) is 19.0. The second-order valence-electron chi connectivity index (χ2n) is 7.24. The molecule has 2 aromatic carbocycles. The number of nitrogens with one attached hydrogen (secondary N) is 1. The number of carbonyl (C=O) groups excluding carboxylic acids is 1. The molecule has 4 nitrogen and oxygen atoms in total. The number of hydrogen-bond acceptors (Lipinski definition) is 3. The second kappa shape index (κ2) is 10.0. The van der Waals surface area contributed by atoms with E-state index in [9.17, 15) is 4.79 Å². The molecule has 1 atom stereocenters. The van der Waals surface area contributed by atoms with Gasteiger partial charge in [0.2, 0.25) is 5.91 Å². The van der Waals surface area contributed by atoms with Crippen LogP contribution >= 0.6 is 0 Å². The van der Waals surface area contributed by atoms with Crippen molar-refractivity contribution in [3.8, 4) is 0 Å². The van der Waals surface area contributed by atoms with E-state index in [0.29, 0.717) is 0 Å². The Morgan fingerprint density at radius 2 is 1.96 bits per heavy atom. The summed E-state index contributed by atoms with van der Waals surface area (Å²) >= 11 is 0. The molecule has 2 aromatic rings. The van der Waals surface area contributed by atoms with Gasteiger partial charge < -0.3 is 11.1 Å². The second-order valence-corrected chi connectivity index (χ2v) is 7.24. The van der Waals surface area contributed by atoms with Gasteiger partial charge in [-0.1, -0.05) is 66.7 Å². The lowest BCUT2D eigenvalue weighted by Crippen LogP contribution is -2.40. The molecule has 4 heteroatoms. The zero-order valence-electron chi connectivity index (χ0n) is 15.8. The van der Waals surface area contributed by atoms with Crippen molar-refractivity contribution in [3.05, 3.63) is 77.4 Å². The third-order valence-electron chi connectivity index (χ3n) is 5.01. The average molecular weight is 364 g/mol. The highest BCUT2D eigenvalue weighted by molar-refractivity contribution is 5.76. The Morgan fingerprint density at radius 3 is 2.78 bits per heavy atom. The number of nitrogens with two attached hydrogens (primary N) is 1. The lowest BCUT2D eigenvalue weighted by Gasteiger charge is -2.31. The van der Waals surface area contributed by atoms with Crippen molar-refractivity contribution in [1.82, 2.24) is 10.2 Å². The van der Waals surface area contributed by atoms with E-state index in [0.717, 1.165) is 45.6 Å². The lowest BCUT2D eigenvalue weighted by molar-refractivity contribution is -0.123. The van der Waals surface area contributed by atoms with Crippen LogP contribution < -0.4 is 11.1 Å². The standard InChI is InChI=1S/C23H29N3O/c24-23(27)22-12-6-14-26(18-22)17-21-10-4-9-20(15-21)16-25-13-5-11-19-7-2-1-3-8-19/h1-5,7-11,15,22,25H,6,12-14,16-18H2,(H2,24,27)/b11-5+. The molecule has 3 rings (SSSR count). The smallest absolute Gasteiger partial charge is 0.221 e. The average Bonchev–Trinajstić information content (AvgIpc) is 2.69. The molecule has 0 saturated carbocycles. The highest BCUT2D eigenvalue weighted by Crippen LogP contribution is 2.18. The molecule has 0 spiro atoms. The minimum absolute atomic E-state index is 0.00000102.